The molecule has 0 spiro atoms. The van der Waals surface area contributed by atoms with Gasteiger partial charge in [0, 0.05) is 0 Å². The first kappa shape index (κ1) is 21.7. The maximum atomic E-state index is 2.45. The van der Waals surface area contributed by atoms with Gasteiger partial charge >= 0.3 is 178 Å². The summed E-state index contributed by atoms with van der Waals surface area (Å²) < 4.78 is 5.19. The number of rotatable bonds is 3. The van der Waals surface area contributed by atoms with Gasteiger partial charge in [0.15, 0.2) is 0 Å². The average Bonchev–Trinajstić information content (AvgIpc) is 3.06. The van der Waals surface area contributed by atoms with Crippen molar-refractivity contribution in [3.8, 4) is 0 Å². The van der Waals surface area contributed by atoms with Crippen molar-refractivity contribution in [3.63, 3.8) is 0 Å². The van der Waals surface area contributed by atoms with Crippen molar-refractivity contribution in [1.29, 1.82) is 0 Å². The molecule has 0 N–H and O–H groups in total. The second kappa shape index (κ2) is 7.33. The van der Waals surface area contributed by atoms with Crippen LogP contribution in [0.3, 0.4) is 0 Å². The molecule has 156 valence electrons. The van der Waals surface area contributed by atoms with E-state index in [9.17, 15) is 0 Å². The molecular formula is C27H39Co. The van der Waals surface area contributed by atoms with E-state index in [1.165, 1.54) is 16.7 Å². The van der Waals surface area contributed by atoms with E-state index in [0.29, 0.717) is 17.8 Å². The van der Waals surface area contributed by atoms with Crippen molar-refractivity contribution in [3.05, 3.63) is 63.7 Å². The van der Waals surface area contributed by atoms with Gasteiger partial charge in [0.1, 0.15) is 0 Å². The molecule has 3 unspecified atom stereocenters. The quantitative estimate of drug-likeness (QED) is 0.428. The van der Waals surface area contributed by atoms with Gasteiger partial charge in [-0.05, 0) is 0 Å². The van der Waals surface area contributed by atoms with Crippen LogP contribution in [0.4, 0.5) is 0 Å². The number of hydrogen-bond donors (Lipinski definition) is 0. The Kier molecular flexibility index (Phi) is 5.67. The molecule has 3 aliphatic rings. The van der Waals surface area contributed by atoms with Gasteiger partial charge in [0.25, 0.3) is 0 Å². The Morgan fingerprint density at radius 3 is 0.750 bits per heavy atom. The summed E-state index contributed by atoms with van der Waals surface area (Å²) in [5.74, 6) is 1.69. The van der Waals surface area contributed by atoms with Gasteiger partial charge < -0.3 is 0 Å². The summed E-state index contributed by atoms with van der Waals surface area (Å²) in [5, 5.41) is 0. The van der Waals surface area contributed by atoms with Crippen LogP contribution >= 0.6 is 0 Å². The van der Waals surface area contributed by atoms with Gasteiger partial charge in [0.2, 0.25) is 0 Å². The van der Waals surface area contributed by atoms with Crippen LogP contribution in [0.5, 0.6) is 0 Å². The molecule has 3 rings (SSSR count). The predicted octanol–water partition coefficient (Wildman–Crippen LogP) is 8.38. The predicted molar refractivity (Wildman–Crippen MR) is 121 cm³/mol. The number of allylic oxidation sites excluding steroid dienone is 12. The molecule has 0 bridgehead atoms. The molecule has 0 nitrogen and oxygen atoms in total. The van der Waals surface area contributed by atoms with Gasteiger partial charge in [0.05, 0.1) is 0 Å². The molecule has 0 radical (unpaired) electrons. The van der Waals surface area contributed by atoms with Crippen LogP contribution < -0.4 is 0 Å². The van der Waals surface area contributed by atoms with Crippen molar-refractivity contribution < 1.29 is 13.7 Å². The Morgan fingerprint density at radius 1 is 0.393 bits per heavy atom. The molecule has 3 aliphatic carbocycles. The van der Waals surface area contributed by atoms with E-state index in [0.717, 1.165) is 0 Å². The Balaban J connectivity index is 2.29. The average molecular weight is 423 g/mol. The van der Waals surface area contributed by atoms with Gasteiger partial charge in [-0.1, -0.05) is 0 Å². The first-order chi connectivity index (χ1) is 12.9. The summed E-state index contributed by atoms with van der Waals surface area (Å²) in [5.41, 5.74) is 14.0. The second-order valence-electron chi connectivity index (χ2n) is 9.19. The molecule has 0 aromatic rings. The van der Waals surface area contributed by atoms with Crippen LogP contribution in [0.1, 0.15) is 83.1 Å². The molecule has 0 heterocycles. The van der Waals surface area contributed by atoms with Crippen molar-refractivity contribution >= 4 is 0 Å². The van der Waals surface area contributed by atoms with E-state index < -0.39 is 13.7 Å². The Labute approximate surface area is 178 Å². The Bertz CT molecular complexity index is 815. The van der Waals surface area contributed by atoms with E-state index in [2.05, 4.69) is 83.1 Å². The van der Waals surface area contributed by atoms with E-state index in [-0.39, 0.29) is 0 Å². The first-order valence-corrected chi connectivity index (χ1v) is 12.3. The van der Waals surface area contributed by atoms with E-state index in [1.54, 1.807) is 47.0 Å². The van der Waals surface area contributed by atoms with Crippen LogP contribution in [0.2, 0.25) is 0 Å². The Hall–Kier alpha value is -1.05. The Morgan fingerprint density at radius 2 is 0.607 bits per heavy atom. The van der Waals surface area contributed by atoms with E-state index >= 15 is 0 Å². The SMILES string of the molecule is CC1=C(C)C(C)[C]([Co]([C]2=C(C)C(C)=C(C)C2C)[C]2=C(C)C(C)=C(C)C2C)=C1C. The summed E-state index contributed by atoms with van der Waals surface area (Å²) in [4.78, 5) is 0. The monoisotopic (exact) mass is 422 g/mol. The van der Waals surface area contributed by atoms with Gasteiger partial charge in [-0.25, -0.2) is 0 Å². The minimum absolute atomic E-state index is 0.414. The number of hydrogen-bond acceptors (Lipinski definition) is 0. The summed E-state index contributed by atoms with van der Waals surface area (Å²) in [6, 6.07) is 0. The molecule has 3 atom stereocenters. The molecule has 0 aliphatic heterocycles. The topological polar surface area (TPSA) is 0 Å². The zero-order valence-electron chi connectivity index (χ0n) is 20.1. The minimum atomic E-state index is -0.414. The fourth-order valence-corrected chi connectivity index (χ4v) is 9.68. The van der Waals surface area contributed by atoms with E-state index in [1.807, 2.05) is 0 Å². The third kappa shape index (κ3) is 2.84. The van der Waals surface area contributed by atoms with Gasteiger partial charge in [-0.2, -0.15) is 0 Å². The summed E-state index contributed by atoms with van der Waals surface area (Å²) in [7, 11) is 0. The molecule has 1 heteroatoms. The van der Waals surface area contributed by atoms with Crippen LogP contribution in [-0.2, 0) is 13.7 Å². The van der Waals surface area contributed by atoms with Gasteiger partial charge in [-0.15, -0.1) is 0 Å². The molecule has 0 aromatic carbocycles. The zero-order valence-corrected chi connectivity index (χ0v) is 21.1. The van der Waals surface area contributed by atoms with Crippen molar-refractivity contribution in [2.75, 3.05) is 0 Å². The van der Waals surface area contributed by atoms with Crippen molar-refractivity contribution in [2.45, 2.75) is 83.1 Å². The van der Waals surface area contributed by atoms with Crippen molar-refractivity contribution in [1.82, 2.24) is 0 Å². The second-order valence-corrected chi connectivity index (χ2v) is 11.6. The van der Waals surface area contributed by atoms with E-state index in [4.69, 9.17) is 0 Å². The van der Waals surface area contributed by atoms with Crippen molar-refractivity contribution in [2.24, 2.45) is 17.8 Å². The zero-order chi connectivity index (χ0) is 21.2. The molecule has 0 saturated carbocycles. The summed E-state index contributed by atoms with van der Waals surface area (Å²) >= 11 is -0.414. The van der Waals surface area contributed by atoms with Crippen LogP contribution in [0.25, 0.3) is 0 Å². The third-order valence-electron chi connectivity index (χ3n) is 8.06. The van der Waals surface area contributed by atoms with Crippen LogP contribution in [0.15, 0.2) is 63.7 Å². The molecule has 0 fully saturated rings. The molecule has 28 heavy (non-hydrogen) atoms. The molecule has 0 amide bonds. The standard InChI is InChI=1S/3C9H13.Co/c3*1-6-5-7(2)9(4)8(6)3;/h3*6H,1-4H3;. The van der Waals surface area contributed by atoms with Crippen LogP contribution in [-0.4, -0.2) is 0 Å². The van der Waals surface area contributed by atoms with Crippen LogP contribution in [0, 0.1) is 17.8 Å². The fourth-order valence-electron chi connectivity index (χ4n) is 4.99. The molecule has 0 aromatic heterocycles. The maximum absolute atomic E-state index is 2.45. The first-order valence-electron chi connectivity index (χ1n) is 10.7. The van der Waals surface area contributed by atoms with Gasteiger partial charge in [-0.3, -0.25) is 0 Å². The summed E-state index contributed by atoms with van der Waals surface area (Å²) in [6.45, 7) is 28.6. The summed E-state index contributed by atoms with van der Waals surface area (Å²) in [6.07, 6.45) is 0. The molecular weight excluding hydrogens is 383 g/mol. The third-order valence-corrected chi connectivity index (χ3v) is 12.3. The molecule has 0 saturated heterocycles. The normalized spacial score (nSPS) is 29.6. The fraction of sp³-hybridized carbons (Fsp3) is 0.556.